The molecule has 11 atom stereocenters. The lowest BCUT2D eigenvalue weighted by molar-refractivity contribution is -0.145. The van der Waals surface area contributed by atoms with Crippen molar-refractivity contribution in [2.75, 3.05) is 0 Å². The standard InChI is InChI=1S/C22H34O5.2C21H32O5.C20H30O5.C19H28O5/c1-13(2)7-10-16-20(25)19(17(23)11-8-14(3)4)21(26)22(16,27)18(24)12-9-15(5)6;1-12(2)7-9-15-19(24)18(16(22)11-14(5)6)20(25)21(15,26)17(23)10-8-13(3)4;1-7-14(6)18(23)17-19(24)15(10-8-12(2)3)21(26,20(17)25)16(22)11-9-13(4)5;1-11(2)7-9-14-18(23)16(17(22)13(5)6)19(24)20(14,25)15(21)10-8-12(3)4;1-6-14(20)16-17(22)13(9-7-11(2)3)19(24,18(16)23)15(21)10-8-12(4)5/h7,14-16,26-27H,8-12H2,1-6H3;7,13-15,25-26H,8-11H2,1-6H3;8,13-15,25-26H,7,9-11H2,1-6H3;7,12-14,24-25H,8-10H2,1-6H3;7,12-13,23-24H,6,8-10H2,1-5H3/t16-,22?;15-,21?;14?,15-,21?;14-,20?;13-,19?/m11111/s1. The summed E-state index contributed by atoms with van der Waals surface area (Å²) in [5.41, 5.74) is -8.89. The lowest BCUT2D eigenvalue weighted by Crippen LogP contribution is -2.46. The highest BCUT2D eigenvalue weighted by atomic mass is 16.4. The van der Waals surface area contributed by atoms with Crippen LogP contribution >= 0.6 is 0 Å². The predicted octanol–water partition coefficient (Wildman–Crippen LogP) is 17.9. The van der Waals surface area contributed by atoms with Crippen LogP contribution in [0.2, 0.25) is 0 Å². The van der Waals surface area contributed by atoms with E-state index in [1.54, 1.807) is 65.0 Å². The van der Waals surface area contributed by atoms with E-state index in [1.165, 1.54) is 0 Å². The summed E-state index contributed by atoms with van der Waals surface area (Å²) in [5.74, 6) is -17.9. The van der Waals surface area contributed by atoms with Gasteiger partial charge in [0.05, 0.1) is 29.6 Å². The molecule has 128 heavy (non-hydrogen) atoms. The van der Waals surface area contributed by atoms with Gasteiger partial charge in [0.1, 0.15) is 56.7 Å². The molecule has 6 unspecified atom stereocenters. The molecule has 0 bridgehead atoms. The van der Waals surface area contributed by atoms with Gasteiger partial charge in [-0.25, -0.2) is 0 Å². The fourth-order valence-electron chi connectivity index (χ4n) is 15.2. The van der Waals surface area contributed by atoms with E-state index in [9.17, 15) is 123 Å². The van der Waals surface area contributed by atoms with E-state index >= 15 is 0 Å². The van der Waals surface area contributed by atoms with Crippen molar-refractivity contribution in [1.29, 1.82) is 0 Å². The third-order valence-electron chi connectivity index (χ3n) is 23.8. The SMILES string of the molecule is CC(C)=CC[C@@H]1C(=O)C(C(=O)C(C)C)=C(O)C1(O)C(=O)CCC(C)C.CC(C)=CC[C@@H]1C(=O)C(C(=O)CC(C)C)=C(O)C1(O)C(=O)CCC(C)C.CC(C)=CC[C@@H]1C(=O)C(C(=O)CCC(C)C)=C(O)C1(O)C(=O)CCC(C)C.CCC(=O)C1=C(O)C(O)(C(=O)CCC(C)C)[C@H](CC=C(C)C)C1=O.CCC(C)C(=O)C1=C(O)C(O)(C(=O)CCC(C)C)[C@H](CC=C(C)C)C1=O. The molecule has 0 amide bonds. The third kappa shape index (κ3) is 29.4. The average molecular weight is 1790 g/mol. The maximum absolute atomic E-state index is 12.9. The Hall–Kier alpha value is -8.75. The second-order valence-corrected chi connectivity index (χ2v) is 39.7. The minimum absolute atomic E-state index is 0.00262. The van der Waals surface area contributed by atoms with Crippen LogP contribution in [0.4, 0.5) is 0 Å². The van der Waals surface area contributed by atoms with Crippen LogP contribution < -0.4 is 0 Å². The Bertz CT molecular complexity index is 4420. The number of hydrogen-bond acceptors (Lipinski definition) is 25. The molecule has 0 aromatic heterocycles. The lowest BCUT2D eigenvalue weighted by atomic mass is 9.80. The first kappa shape index (κ1) is 117. The zero-order chi connectivity index (χ0) is 99.6. The summed E-state index contributed by atoms with van der Waals surface area (Å²) in [7, 11) is 0. The highest BCUT2D eigenvalue weighted by Gasteiger charge is 2.64. The molecular formula is C103H156O25. The van der Waals surface area contributed by atoms with Crippen LogP contribution in [0.3, 0.4) is 0 Å². The van der Waals surface area contributed by atoms with E-state index in [1.807, 2.05) is 166 Å². The number of aliphatic hydroxyl groups is 10. The molecule has 5 aliphatic rings. The molecule has 25 heteroatoms. The number of allylic oxidation sites excluding steroid dienone is 15. The highest BCUT2D eigenvalue weighted by molar-refractivity contribution is 6.29. The Kier molecular flexibility index (Phi) is 46.9. The van der Waals surface area contributed by atoms with Gasteiger partial charge in [0.2, 0.25) is 0 Å². The molecule has 10 N–H and O–H groups in total. The summed E-state index contributed by atoms with van der Waals surface area (Å²) in [6.45, 7) is 53.8. The Morgan fingerprint density at radius 3 is 0.672 bits per heavy atom. The van der Waals surface area contributed by atoms with E-state index in [4.69, 9.17) is 0 Å². The minimum atomic E-state index is -2.31. The Morgan fingerprint density at radius 2 is 0.477 bits per heavy atom. The van der Waals surface area contributed by atoms with Gasteiger partial charge in [0, 0.05) is 63.2 Å². The molecule has 0 aromatic rings. The van der Waals surface area contributed by atoms with Crippen molar-refractivity contribution in [3.63, 3.8) is 0 Å². The van der Waals surface area contributed by atoms with Crippen LogP contribution in [0, 0.1) is 82.9 Å². The first-order valence-corrected chi connectivity index (χ1v) is 45.9. The number of ketones is 15. The molecule has 5 aliphatic carbocycles. The second kappa shape index (κ2) is 51.2. The number of hydrogen-bond donors (Lipinski definition) is 10. The van der Waals surface area contributed by atoms with E-state index in [0.29, 0.717) is 44.9 Å². The van der Waals surface area contributed by atoms with Crippen LogP contribution in [0.5, 0.6) is 0 Å². The number of carbonyl (C=O) groups excluding carboxylic acids is 15. The molecular weight excluding hydrogens is 1640 g/mol. The van der Waals surface area contributed by atoms with Gasteiger partial charge >= 0.3 is 0 Å². The molecule has 0 spiro atoms. The van der Waals surface area contributed by atoms with Crippen molar-refractivity contribution >= 4 is 86.7 Å². The van der Waals surface area contributed by atoms with Crippen molar-refractivity contribution in [3.05, 3.63) is 115 Å². The molecule has 0 fully saturated rings. The van der Waals surface area contributed by atoms with Gasteiger partial charge in [0.25, 0.3) is 0 Å². The van der Waals surface area contributed by atoms with E-state index < -0.39 is 207 Å². The minimum Gasteiger partial charge on any atom is -0.508 e. The molecule has 25 nitrogen and oxygen atoms in total. The van der Waals surface area contributed by atoms with Gasteiger partial charge in [0.15, 0.2) is 115 Å². The van der Waals surface area contributed by atoms with Crippen molar-refractivity contribution in [1.82, 2.24) is 0 Å². The first-order chi connectivity index (χ1) is 58.8. The van der Waals surface area contributed by atoms with Crippen molar-refractivity contribution in [2.24, 2.45) is 82.9 Å². The molecule has 0 saturated heterocycles. The van der Waals surface area contributed by atoms with Crippen LogP contribution in [-0.2, 0) is 71.9 Å². The summed E-state index contributed by atoms with van der Waals surface area (Å²) in [6.07, 6.45) is 13.4. The largest absolute Gasteiger partial charge is 0.508 e. The van der Waals surface area contributed by atoms with E-state index in [-0.39, 0.29) is 130 Å². The average Bonchev–Trinajstić information content (AvgIpc) is 1.60. The zero-order valence-corrected chi connectivity index (χ0v) is 82.2. The summed E-state index contributed by atoms with van der Waals surface area (Å²) in [5, 5.41) is 108. The fourth-order valence-corrected chi connectivity index (χ4v) is 15.2. The van der Waals surface area contributed by atoms with Crippen LogP contribution in [0.1, 0.15) is 329 Å². The number of Topliss-reactive ketones (excluding diaryl/α,β-unsaturated/α-hetero) is 15. The Balaban J connectivity index is 0.000000800. The van der Waals surface area contributed by atoms with Gasteiger partial charge in [-0.15, -0.1) is 0 Å². The van der Waals surface area contributed by atoms with Crippen LogP contribution in [-0.4, -0.2) is 166 Å². The number of aliphatic hydroxyl groups excluding tert-OH is 5. The summed E-state index contributed by atoms with van der Waals surface area (Å²) in [4.78, 5) is 190. The number of rotatable bonds is 44. The molecule has 0 radical (unpaired) electrons. The van der Waals surface area contributed by atoms with Gasteiger partial charge < -0.3 is 51.1 Å². The Labute approximate surface area is 760 Å². The quantitative estimate of drug-likeness (QED) is 0.0200. The molecule has 718 valence electrons. The van der Waals surface area contributed by atoms with E-state index in [2.05, 4.69) is 0 Å². The van der Waals surface area contributed by atoms with Gasteiger partial charge in [-0.2, -0.15) is 0 Å². The van der Waals surface area contributed by atoms with E-state index in [0.717, 1.165) is 27.9 Å². The van der Waals surface area contributed by atoms with Crippen LogP contribution in [0.15, 0.2) is 115 Å². The Morgan fingerprint density at radius 1 is 0.281 bits per heavy atom. The monoisotopic (exact) mass is 1790 g/mol. The summed E-state index contributed by atoms with van der Waals surface area (Å²) in [6, 6.07) is 0. The molecule has 0 aliphatic heterocycles. The smallest absolute Gasteiger partial charge is 0.191 e. The molecule has 0 heterocycles. The third-order valence-corrected chi connectivity index (χ3v) is 23.8. The van der Waals surface area contributed by atoms with Gasteiger partial charge in [-0.1, -0.05) is 190 Å². The predicted molar refractivity (Wildman–Crippen MR) is 494 cm³/mol. The second-order valence-electron chi connectivity index (χ2n) is 39.7. The fraction of sp³-hybridized carbons (Fsp3) is 0.660. The first-order valence-electron chi connectivity index (χ1n) is 45.9. The zero-order valence-electron chi connectivity index (χ0n) is 82.2. The lowest BCUT2D eigenvalue weighted by Gasteiger charge is -2.28. The topological polar surface area (TPSA) is 458 Å². The normalized spacial score (nSPS) is 23.5. The maximum Gasteiger partial charge on any atom is 0.191 e. The molecule has 0 saturated carbocycles. The molecule has 5 rings (SSSR count). The van der Waals surface area contributed by atoms with Gasteiger partial charge in [-0.3, -0.25) is 71.9 Å². The van der Waals surface area contributed by atoms with Crippen LogP contribution in [0.25, 0.3) is 0 Å². The maximum atomic E-state index is 12.9. The summed E-state index contributed by atoms with van der Waals surface area (Å²) < 4.78 is 0. The molecule has 0 aromatic carbocycles. The van der Waals surface area contributed by atoms with Gasteiger partial charge in [-0.05, 0) is 188 Å². The van der Waals surface area contributed by atoms with Crippen molar-refractivity contribution in [2.45, 2.75) is 357 Å². The highest BCUT2D eigenvalue weighted by Crippen LogP contribution is 2.48. The number of carbonyl (C=O) groups is 15. The van der Waals surface area contributed by atoms with Crippen molar-refractivity contribution in [3.8, 4) is 0 Å². The van der Waals surface area contributed by atoms with Crippen molar-refractivity contribution < 1.29 is 123 Å². The summed E-state index contributed by atoms with van der Waals surface area (Å²) >= 11 is 0.